The number of hydrogen-bond donors (Lipinski definition) is 2. The number of allylic oxidation sites excluding steroid dienone is 3. The van der Waals surface area contributed by atoms with Crippen LogP contribution < -0.4 is 9.97 Å². The van der Waals surface area contributed by atoms with Gasteiger partial charge in [-0.15, -0.1) is 28.6 Å². The fourth-order valence-corrected chi connectivity index (χ4v) is 6.92. The number of fused-ring (bicyclic) bond motifs is 8. The number of nitrogens with zero attached hydrogens (tertiary/aromatic N) is 4. The van der Waals surface area contributed by atoms with Crippen LogP contribution >= 0.6 is 0 Å². The van der Waals surface area contributed by atoms with Crippen LogP contribution in [-0.2, 0) is 33.1 Å². The average Bonchev–Trinajstić information content (AvgIpc) is 3.72. The fourth-order valence-electron chi connectivity index (χ4n) is 6.92. The smallest absolute Gasteiger partial charge is 0.657 e. The SMILES string of the molecule is C=Cc1c(C)c2cc3nc(cc4[n-]c(cc5nc(c(-c6ccccc6)c1[n-]2)C(C)C5C=C)c(C)c4CCC(=O)O)C(CCC(=O)O)=C3C.[Fe+4]. The van der Waals surface area contributed by atoms with Crippen LogP contribution in [0.15, 0.2) is 67.8 Å². The molecule has 3 aromatic heterocycles. The molecule has 2 N–H and O–H groups in total. The van der Waals surface area contributed by atoms with E-state index >= 15 is 0 Å². The van der Waals surface area contributed by atoms with Gasteiger partial charge < -0.3 is 20.2 Å². The first-order valence-electron chi connectivity index (χ1n) is 16.1. The van der Waals surface area contributed by atoms with Crippen LogP contribution in [0, 0.1) is 13.8 Å². The Morgan fingerprint density at radius 2 is 1.51 bits per heavy atom. The van der Waals surface area contributed by atoms with Gasteiger partial charge in [-0.25, -0.2) is 4.98 Å². The Morgan fingerprint density at radius 1 is 0.857 bits per heavy atom. The van der Waals surface area contributed by atoms with Crippen molar-refractivity contribution in [1.29, 1.82) is 0 Å². The maximum Gasteiger partial charge on any atom is 4.00 e. The zero-order valence-corrected chi connectivity index (χ0v) is 29.1. The molecule has 49 heavy (non-hydrogen) atoms. The molecular weight excluding hydrogens is 656 g/mol. The molecule has 0 fully saturated rings. The van der Waals surface area contributed by atoms with Crippen LogP contribution in [0.2, 0.25) is 0 Å². The van der Waals surface area contributed by atoms with E-state index in [4.69, 9.17) is 19.9 Å². The largest absolute Gasteiger partial charge is 4.00 e. The van der Waals surface area contributed by atoms with Gasteiger partial charge in [0.25, 0.3) is 0 Å². The molecule has 248 valence electrons. The summed E-state index contributed by atoms with van der Waals surface area (Å²) in [5, 5.41) is 19.1. The third-order valence-electron chi connectivity index (χ3n) is 9.63. The van der Waals surface area contributed by atoms with Gasteiger partial charge in [-0.3, -0.25) is 14.6 Å². The molecule has 8 bridgehead atoms. The van der Waals surface area contributed by atoms with Crippen molar-refractivity contribution in [3.63, 3.8) is 0 Å². The van der Waals surface area contributed by atoms with Crippen LogP contribution in [0.4, 0.5) is 0 Å². The normalized spacial score (nSPS) is 15.5. The summed E-state index contributed by atoms with van der Waals surface area (Å²) < 4.78 is 0. The molecule has 0 amide bonds. The van der Waals surface area contributed by atoms with Crippen LogP contribution in [-0.4, -0.2) is 32.1 Å². The van der Waals surface area contributed by atoms with Gasteiger partial charge in [-0.1, -0.05) is 90.9 Å². The van der Waals surface area contributed by atoms with E-state index in [1.54, 1.807) is 0 Å². The quantitative estimate of drug-likeness (QED) is 0.132. The van der Waals surface area contributed by atoms with E-state index in [2.05, 4.69) is 32.2 Å². The van der Waals surface area contributed by atoms with Crippen molar-refractivity contribution >= 4 is 51.2 Å². The second-order valence-electron chi connectivity index (χ2n) is 12.5. The van der Waals surface area contributed by atoms with Crippen molar-refractivity contribution in [3.05, 3.63) is 113 Å². The zero-order valence-electron chi connectivity index (χ0n) is 28.0. The monoisotopic (exact) mass is 694 g/mol. The standard InChI is InChI=1S/C40H40N4O4.Fe/c1-7-26-24(6)39-38(25-12-10-9-11-13-25)40-27(8-2)21(3)32(43-40)18-30-22(4)28(14-16-36(45)46)34(41-30)20-35-29(15-17-37(47)48)23(5)31(42-35)19-33(26)44-39;/h7-13,18-20,24,26H,1-2,14-17H2,3-6H3,(H4,41,42,43,44,45,46,47,48);/q;+4/p-2. The predicted molar refractivity (Wildman–Crippen MR) is 191 cm³/mol. The number of aliphatic carboxylic acids is 2. The number of benzene rings is 1. The molecule has 8 nitrogen and oxygen atoms in total. The van der Waals surface area contributed by atoms with Gasteiger partial charge in [-0.2, -0.15) is 0 Å². The van der Waals surface area contributed by atoms with Gasteiger partial charge in [0.05, 0.1) is 17.1 Å². The first kappa shape index (κ1) is 35.3. The van der Waals surface area contributed by atoms with Crippen LogP contribution in [0.5, 0.6) is 0 Å². The van der Waals surface area contributed by atoms with Crippen molar-refractivity contribution < 1.29 is 36.9 Å². The minimum Gasteiger partial charge on any atom is -0.657 e. The van der Waals surface area contributed by atoms with E-state index in [1.807, 2.05) is 69.3 Å². The van der Waals surface area contributed by atoms with Crippen LogP contribution in [0.1, 0.15) is 90.0 Å². The zero-order chi connectivity index (χ0) is 34.3. The van der Waals surface area contributed by atoms with Crippen molar-refractivity contribution in [1.82, 2.24) is 19.9 Å². The Kier molecular flexibility index (Phi) is 10.3. The number of carboxylic acid groups (broad SMARTS) is 2. The Hall–Kier alpha value is -4.98. The van der Waals surface area contributed by atoms with Gasteiger partial charge >= 0.3 is 29.0 Å². The van der Waals surface area contributed by atoms with E-state index in [9.17, 15) is 19.8 Å². The van der Waals surface area contributed by atoms with Gasteiger partial charge in [0.1, 0.15) is 0 Å². The van der Waals surface area contributed by atoms with Gasteiger partial charge in [0.15, 0.2) is 0 Å². The number of carbonyl (C=O) groups is 2. The van der Waals surface area contributed by atoms with E-state index in [0.29, 0.717) is 22.4 Å². The second kappa shape index (κ2) is 14.2. The van der Waals surface area contributed by atoms with Crippen molar-refractivity contribution in [2.75, 3.05) is 0 Å². The summed E-state index contributed by atoms with van der Waals surface area (Å²) in [7, 11) is 0. The molecule has 1 aromatic carbocycles. The fraction of sp³-hybridized carbons (Fsp3) is 0.250. The third-order valence-corrected chi connectivity index (χ3v) is 9.63. The molecule has 0 spiro atoms. The number of aryl methyl sites for hydroxylation is 3. The Morgan fingerprint density at radius 3 is 2.16 bits per heavy atom. The molecule has 9 heteroatoms. The maximum atomic E-state index is 11.7. The summed E-state index contributed by atoms with van der Waals surface area (Å²) in [6.07, 6.45) is 4.23. The van der Waals surface area contributed by atoms with Crippen LogP contribution in [0.25, 0.3) is 50.4 Å². The minimum atomic E-state index is -0.899. The van der Waals surface area contributed by atoms with Gasteiger partial charge in [0.2, 0.25) is 0 Å². The molecule has 2 aliphatic heterocycles. The topological polar surface area (TPSA) is 129 Å². The summed E-state index contributed by atoms with van der Waals surface area (Å²) in [6, 6.07) is 15.9. The summed E-state index contributed by atoms with van der Waals surface area (Å²) in [5.74, 6) is -1.92. The number of aromatic nitrogens is 4. The van der Waals surface area contributed by atoms with Gasteiger partial charge in [-0.05, 0) is 61.4 Å². The molecule has 4 aromatic rings. The van der Waals surface area contributed by atoms with Gasteiger partial charge in [0, 0.05) is 30.4 Å². The molecule has 2 aliphatic rings. The average molecular weight is 695 g/mol. The molecule has 5 heterocycles. The Balaban J connectivity index is 0.00000468. The molecule has 0 saturated carbocycles. The first-order valence-corrected chi connectivity index (χ1v) is 16.1. The van der Waals surface area contributed by atoms with Crippen molar-refractivity contribution in [3.8, 4) is 11.1 Å². The first-order chi connectivity index (χ1) is 23.0. The summed E-state index contributed by atoms with van der Waals surface area (Å²) in [4.78, 5) is 43.9. The van der Waals surface area contributed by atoms with E-state index in [1.165, 1.54) is 0 Å². The second-order valence-corrected chi connectivity index (χ2v) is 12.5. The molecule has 2 unspecified atom stereocenters. The van der Waals surface area contributed by atoms with Crippen molar-refractivity contribution in [2.45, 2.75) is 65.2 Å². The Bertz CT molecular complexity index is 2190. The third kappa shape index (κ3) is 6.56. The molecular formula is C40H38FeN4O4+2. The van der Waals surface area contributed by atoms with Crippen molar-refractivity contribution in [2.24, 2.45) is 0 Å². The molecule has 0 radical (unpaired) electrons. The summed E-state index contributed by atoms with van der Waals surface area (Å²) in [5.41, 5.74) is 13.0. The molecule has 6 rings (SSSR count). The molecule has 0 aliphatic carbocycles. The van der Waals surface area contributed by atoms with E-state index in [-0.39, 0.29) is 54.6 Å². The number of carboxylic acids is 2. The Labute approximate surface area is 296 Å². The van der Waals surface area contributed by atoms with E-state index in [0.717, 1.165) is 66.9 Å². The number of rotatable bonds is 9. The molecule has 2 atom stereocenters. The molecule has 0 saturated heterocycles. The maximum absolute atomic E-state index is 11.7. The minimum absolute atomic E-state index is 0. The van der Waals surface area contributed by atoms with E-state index < -0.39 is 11.9 Å². The summed E-state index contributed by atoms with van der Waals surface area (Å²) in [6.45, 7) is 16.4. The summed E-state index contributed by atoms with van der Waals surface area (Å²) >= 11 is 0. The predicted octanol–water partition coefficient (Wildman–Crippen LogP) is 8.38. The van der Waals surface area contributed by atoms with Crippen LogP contribution in [0.3, 0.4) is 0 Å². The number of hydrogen-bond acceptors (Lipinski definition) is 4.